The molecular weight excluding hydrogens is 380 g/mol. The van der Waals surface area contributed by atoms with Crippen LogP contribution in [0.15, 0.2) is 84.6 Å². The van der Waals surface area contributed by atoms with E-state index in [1.165, 1.54) is 7.11 Å². The van der Waals surface area contributed by atoms with Crippen LogP contribution in [0.5, 0.6) is 11.5 Å². The van der Waals surface area contributed by atoms with E-state index in [1.807, 2.05) is 6.07 Å². The molecule has 0 saturated heterocycles. The third-order valence-corrected chi connectivity index (χ3v) is 4.31. The van der Waals surface area contributed by atoms with Crippen LogP contribution in [0.3, 0.4) is 0 Å². The van der Waals surface area contributed by atoms with Crippen LogP contribution in [0.25, 0.3) is 6.08 Å². The van der Waals surface area contributed by atoms with Crippen LogP contribution in [-0.2, 0) is 4.79 Å². The molecule has 0 aromatic heterocycles. The van der Waals surface area contributed by atoms with Crippen LogP contribution >= 0.6 is 0 Å². The topological polar surface area (TPSA) is 76.7 Å². The quantitative estimate of drug-likeness (QED) is 0.583. The summed E-state index contributed by atoms with van der Waals surface area (Å²) in [6.45, 7) is 0. The minimum Gasteiger partial charge on any atom is -0.497 e. The fourth-order valence-corrected chi connectivity index (χ4v) is 2.75. The molecule has 0 aliphatic carbocycles. The Balaban J connectivity index is 1.90. The number of amides is 2. The van der Waals surface area contributed by atoms with E-state index in [0.717, 1.165) is 5.56 Å². The molecule has 30 heavy (non-hydrogen) atoms. The van der Waals surface area contributed by atoms with Gasteiger partial charge in [0.2, 0.25) is 0 Å². The molecule has 0 unspecified atom stereocenters. The zero-order chi connectivity index (χ0) is 21.3. The molecule has 3 aromatic rings. The smallest absolute Gasteiger partial charge is 0.272 e. The van der Waals surface area contributed by atoms with Gasteiger partial charge in [-0.05, 0) is 48.0 Å². The summed E-state index contributed by atoms with van der Waals surface area (Å²) in [5.74, 6) is 0.356. The Labute approximate surface area is 175 Å². The molecule has 0 spiro atoms. The van der Waals surface area contributed by atoms with Gasteiger partial charge in [-0.2, -0.15) is 0 Å². The minimum atomic E-state index is -0.473. The van der Waals surface area contributed by atoms with Crippen molar-refractivity contribution >= 4 is 23.6 Å². The molecule has 6 nitrogen and oxygen atoms in total. The first kappa shape index (κ1) is 20.7. The standard InChI is InChI=1S/C24H22N2O4/c1-29-19-14-12-17(13-15-19)16-21(26-23(27)18-8-4-3-5-9-18)24(28)25-20-10-6-7-11-22(20)30-2/h3-16H,1-2H3,(H,25,28)(H,26,27). The van der Waals surface area contributed by atoms with Crippen molar-refractivity contribution in [3.63, 3.8) is 0 Å². The number of methoxy groups -OCH3 is 2. The normalized spacial score (nSPS) is 10.8. The largest absolute Gasteiger partial charge is 0.497 e. The highest BCUT2D eigenvalue weighted by Gasteiger charge is 2.16. The van der Waals surface area contributed by atoms with E-state index in [9.17, 15) is 9.59 Å². The van der Waals surface area contributed by atoms with E-state index in [1.54, 1.807) is 86.0 Å². The molecule has 2 amide bonds. The summed E-state index contributed by atoms with van der Waals surface area (Å²) >= 11 is 0. The van der Waals surface area contributed by atoms with Gasteiger partial charge in [-0.1, -0.05) is 42.5 Å². The Morgan fingerprint density at radius 3 is 2.13 bits per heavy atom. The Hall–Kier alpha value is -4.06. The molecule has 2 N–H and O–H groups in total. The van der Waals surface area contributed by atoms with E-state index in [0.29, 0.717) is 22.7 Å². The molecule has 3 rings (SSSR count). The van der Waals surface area contributed by atoms with Gasteiger partial charge in [0.05, 0.1) is 19.9 Å². The maximum atomic E-state index is 13.0. The van der Waals surface area contributed by atoms with Crippen molar-refractivity contribution in [2.24, 2.45) is 0 Å². The van der Waals surface area contributed by atoms with Crippen molar-refractivity contribution < 1.29 is 19.1 Å². The summed E-state index contributed by atoms with van der Waals surface area (Å²) in [5, 5.41) is 5.50. The molecule has 0 bridgehead atoms. The predicted molar refractivity (Wildman–Crippen MR) is 117 cm³/mol. The number of hydrogen-bond donors (Lipinski definition) is 2. The van der Waals surface area contributed by atoms with Crippen molar-refractivity contribution in [2.45, 2.75) is 0 Å². The fraction of sp³-hybridized carbons (Fsp3) is 0.0833. The highest BCUT2D eigenvalue weighted by molar-refractivity contribution is 6.11. The van der Waals surface area contributed by atoms with Crippen LogP contribution in [-0.4, -0.2) is 26.0 Å². The molecule has 6 heteroatoms. The van der Waals surface area contributed by atoms with Crippen molar-refractivity contribution in [1.82, 2.24) is 5.32 Å². The molecule has 152 valence electrons. The number of ether oxygens (including phenoxy) is 2. The Morgan fingerprint density at radius 2 is 1.47 bits per heavy atom. The number of anilines is 1. The highest BCUT2D eigenvalue weighted by atomic mass is 16.5. The fourth-order valence-electron chi connectivity index (χ4n) is 2.75. The average molecular weight is 402 g/mol. The lowest BCUT2D eigenvalue weighted by Crippen LogP contribution is -2.30. The predicted octanol–water partition coefficient (Wildman–Crippen LogP) is 4.11. The molecule has 0 heterocycles. The summed E-state index contributed by atoms with van der Waals surface area (Å²) < 4.78 is 10.4. The Kier molecular flexibility index (Phi) is 6.84. The van der Waals surface area contributed by atoms with E-state index in [2.05, 4.69) is 10.6 Å². The second-order valence-corrected chi connectivity index (χ2v) is 6.31. The number of hydrogen-bond acceptors (Lipinski definition) is 4. The highest BCUT2D eigenvalue weighted by Crippen LogP contribution is 2.24. The van der Waals surface area contributed by atoms with Crippen LogP contribution in [0, 0.1) is 0 Å². The van der Waals surface area contributed by atoms with Gasteiger partial charge in [-0.3, -0.25) is 9.59 Å². The zero-order valence-electron chi connectivity index (χ0n) is 16.7. The summed E-state index contributed by atoms with van der Waals surface area (Å²) in [6, 6.07) is 22.9. The monoisotopic (exact) mass is 402 g/mol. The number of nitrogens with one attached hydrogen (secondary N) is 2. The Morgan fingerprint density at radius 1 is 0.800 bits per heavy atom. The van der Waals surface area contributed by atoms with Crippen molar-refractivity contribution in [1.29, 1.82) is 0 Å². The number of carbonyl (C=O) groups excluding carboxylic acids is 2. The van der Waals surface area contributed by atoms with Crippen LogP contribution < -0.4 is 20.1 Å². The number of rotatable bonds is 7. The maximum Gasteiger partial charge on any atom is 0.272 e. The van der Waals surface area contributed by atoms with Gasteiger partial charge < -0.3 is 20.1 Å². The molecule has 3 aromatic carbocycles. The van der Waals surface area contributed by atoms with Gasteiger partial charge in [0, 0.05) is 5.56 Å². The molecule has 0 saturated carbocycles. The van der Waals surface area contributed by atoms with E-state index < -0.39 is 5.91 Å². The van der Waals surface area contributed by atoms with Crippen LogP contribution in [0.2, 0.25) is 0 Å². The average Bonchev–Trinajstić information content (AvgIpc) is 2.80. The van der Waals surface area contributed by atoms with Gasteiger partial charge in [0.25, 0.3) is 11.8 Å². The number of benzene rings is 3. The van der Waals surface area contributed by atoms with E-state index in [-0.39, 0.29) is 11.6 Å². The Bertz CT molecular complexity index is 1040. The lowest BCUT2D eigenvalue weighted by Gasteiger charge is -2.13. The first-order valence-electron chi connectivity index (χ1n) is 9.27. The minimum absolute atomic E-state index is 0.0972. The summed E-state index contributed by atoms with van der Waals surface area (Å²) in [5.41, 5.74) is 1.78. The lowest BCUT2D eigenvalue weighted by molar-refractivity contribution is -0.113. The molecule has 0 aliphatic heterocycles. The van der Waals surface area contributed by atoms with E-state index >= 15 is 0 Å². The molecule has 0 atom stereocenters. The van der Waals surface area contributed by atoms with Gasteiger partial charge in [0.15, 0.2) is 0 Å². The lowest BCUT2D eigenvalue weighted by atomic mass is 10.1. The second kappa shape index (κ2) is 9.93. The van der Waals surface area contributed by atoms with Crippen molar-refractivity contribution in [3.05, 3.63) is 95.7 Å². The zero-order valence-corrected chi connectivity index (χ0v) is 16.7. The second-order valence-electron chi connectivity index (χ2n) is 6.31. The summed E-state index contributed by atoms with van der Waals surface area (Å²) in [6.07, 6.45) is 1.60. The first-order chi connectivity index (χ1) is 14.6. The maximum absolute atomic E-state index is 13.0. The van der Waals surface area contributed by atoms with Crippen LogP contribution in [0.1, 0.15) is 15.9 Å². The van der Waals surface area contributed by atoms with Crippen molar-refractivity contribution in [3.8, 4) is 11.5 Å². The number of carbonyl (C=O) groups is 2. The van der Waals surface area contributed by atoms with Crippen molar-refractivity contribution in [2.75, 3.05) is 19.5 Å². The third kappa shape index (κ3) is 5.26. The number of para-hydroxylation sites is 2. The van der Waals surface area contributed by atoms with Gasteiger partial charge in [-0.15, -0.1) is 0 Å². The molecule has 0 aliphatic rings. The van der Waals surface area contributed by atoms with Gasteiger partial charge in [0.1, 0.15) is 17.2 Å². The molecule has 0 radical (unpaired) electrons. The molecule has 0 fully saturated rings. The van der Waals surface area contributed by atoms with Gasteiger partial charge in [-0.25, -0.2) is 0 Å². The van der Waals surface area contributed by atoms with Gasteiger partial charge >= 0.3 is 0 Å². The molecular formula is C24H22N2O4. The van der Waals surface area contributed by atoms with E-state index in [4.69, 9.17) is 9.47 Å². The van der Waals surface area contributed by atoms with Crippen LogP contribution in [0.4, 0.5) is 5.69 Å². The summed E-state index contributed by atoms with van der Waals surface area (Å²) in [4.78, 5) is 25.6. The SMILES string of the molecule is COc1ccc(C=C(NC(=O)c2ccccc2)C(=O)Nc2ccccc2OC)cc1. The first-order valence-corrected chi connectivity index (χ1v) is 9.27. The third-order valence-electron chi connectivity index (χ3n) is 4.31. The summed E-state index contributed by atoms with van der Waals surface area (Å²) in [7, 11) is 3.10.